The third kappa shape index (κ3) is 4.63. The van der Waals surface area contributed by atoms with Crippen molar-refractivity contribution in [1.82, 2.24) is 10.2 Å². The van der Waals surface area contributed by atoms with Crippen LogP contribution in [0.4, 0.5) is 17.6 Å². The second-order valence-electron chi connectivity index (χ2n) is 6.10. The van der Waals surface area contributed by atoms with Crippen molar-refractivity contribution in [2.75, 3.05) is 26.2 Å². The Morgan fingerprint density at radius 1 is 1.07 bits per heavy atom. The number of piperazine rings is 1. The fourth-order valence-electron chi connectivity index (χ4n) is 3.17. The number of alkyl halides is 3. The van der Waals surface area contributed by atoms with E-state index in [1.54, 1.807) is 0 Å². The number of aromatic hydroxyl groups is 1. The summed E-state index contributed by atoms with van der Waals surface area (Å²) in [5.74, 6) is -1.74. The lowest BCUT2D eigenvalue weighted by Gasteiger charge is -2.36. The molecule has 0 spiro atoms. The summed E-state index contributed by atoms with van der Waals surface area (Å²) in [5.41, 5.74) is 0.747. The van der Waals surface area contributed by atoms with Gasteiger partial charge < -0.3 is 15.2 Å². The van der Waals surface area contributed by atoms with Crippen LogP contribution in [0.2, 0.25) is 5.02 Å². The minimum atomic E-state index is -4.79. The molecule has 3 rings (SSSR count). The Kier molecular flexibility index (Phi) is 5.78. The molecule has 146 valence electrons. The normalized spacial score (nSPS) is 16.9. The average Bonchev–Trinajstić information content (AvgIpc) is 2.62. The van der Waals surface area contributed by atoms with Crippen molar-refractivity contribution in [2.24, 2.45) is 0 Å². The summed E-state index contributed by atoms with van der Waals surface area (Å²) in [6.45, 7) is 2.55. The summed E-state index contributed by atoms with van der Waals surface area (Å²) in [7, 11) is 0. The Hall–Kier alpha value is -2.03. The molecule has 0 amide bonds. The quantitative estimate of drug-likeness (QED) is 0.754. The Morgan fingerprint density at radius 2 is 1.70 bits per heavy atom. The van der Waals surface area contributed by atoms with Gasteiger partial charge in [-0.15, -0.1) is 13.2 Å². The predicted molar refractivity (Wildman–Crippen MR) is 92.5 cm³/mol. The van der Waals surface area contributed by atoms with E-state index in [0.717, 1.165) is 6.07 Å². The summed E-state index contributed by atoms with van der Waals surface area (Å²) in [6.07, 6.45) is -4.79. The van der Waals surface area contributed by atoms with Crippen LogP contribution in [-0.4, -0.2) is 42.5 Å². The van der Waals surface area contributed by atoms with Crippen molar-refractivity contribution < 1.29 is 27.4 Å². The van der Waals surface area contributed by atoms with Gasteiger partial charge in [0.15, 0.2) is 11.6 Å². The molecule has 9 heteroatoms. The highest BCUT2D eigenvalue weighted by atomic mass is 35.5. The minimum Gasteiger partial charge on any atom is -0.505 e. The van der Waals surface area contributed by atoms with Crippen molar-refractivity contribution >= 4 is 11.6 Å². The molecule has 2 N–H and O–H groups in total. The Balaban J connectivity index is 2.02. The molecule has 0 radical (unpaired) electrons. The van der Waals surface area contributed by atoms with E-state index in [0.29, 0.717) is 31.7 Å². The van der Waals surface area contributed by atoms with Crippen LogP contribution in [0, 0.1) is 5.82 Å². The Morgan fingerprint density at radius 3 is 2.30 bits per heavy atom. The van der Waals surface area contributed by atoms with Crippen LogP contribution in [0.5, 0.6) is 11.5 Å². The zero-order chi connectivity index (χ0) is 19.6. The number of hydrogen-bond acceptors (Lipinski definition) is 4. The smallest absolute Gasteiger partial charge is 0.505 e. The van der Waals surface area contributed by atoms with Gasteiger partial charge in [0.1, 0.15) is 5.75 Å². The molecule has 27 heavy (non-hydrogen) atoms. The maximum Gasteiger partial charge on any atom is 0.573 e. The fraction of sp³-hybridized carbons (Fsp3) is 0.333. The maximum absolute atomic E-state index is 14.0. The summed E-state index contributed by atoms with van der Waals surface area (Å²) < 4.78 is 55.0. The summed E-state index contributed by atoms with van der Waals surface area (Å²) in [6, 6.07) is 7.07. The number of nitrogens with one attached hydrogen (secondary N) is 1. The first-order valence-electron chi connectivity index (χ1n) is 8.23. The number of hydrogen-bond donors (Lipinski definition) is 2. The SMILES string of the molecule is Oc1c(F)ccc(Cl)c1[C@H](c1ccc(OC(F)(F)F)cc1)N1CCNCC1. The van der Waals surface area contributed by atoms with Gasteiger partial charge in [-0.2, -0.15) is 0 Å². The second kappa shape index (κ2) is 7.92. The number of nitrogens with zero attached hydrogens (tertiary/aromatic N) is 1. The van der Waals surface area contributed by atoms with Crippen LogP contribution in [0.1, 0.15) is 17.2 Å². The molecule has 1 fully saturated rings. The van der Waals surface area contributed by atoms with E-state index < -0.39 is 24.0 Å². The highest BCUT2D eigenvalue weighted by Gasteiger charge is 2.32. The molecule has 0 aliphatic carbocycles. The lowest BCUT2D eigenvalue weighted by molar-refractivity contribution is -0.274. The first kappa shape index (κ1) is 19.7. The van der Waals surface area contributed by atoms with Gasteiger partial charge in [0.05, 0.1) is 6.04 Å². The standard InChI is InChI=1S/C18H17ClF4N2O2/c19-13-5-6-14(20)17(26)15(13)16(25-9-7-24-8-10-25)11-1-3-12(4-2-11)27-18(21,22)23/h1-6,16,24,26H,7-10H2/t16-/m0/s1. The van der Waals surface area contributed by atoms with Crippen molar-refractivity contribution in [3.63, 3.8) is 0 Å². The van der Waals surface area contributed by atoms with Crippen LogP contribution in [0.15, 0.2) is 36.4 Å². The van der Waals surface area contributed by atoms with Gasteiger partial charge in [-0.3, -0.25) is 4.90 Å². The minimum absolute atomic E-state index is 0.174. The maximum atomic E-state index is 14.0. The number of benzene rings is 2. The van der Waals surface area contributed by atoms with E-state index in [4.69, 9.17) is 11.6 Å². The molecule has 0 aromatic heterocycles. The molecule has 0 saturated carbocycles. The molecular weight excluding hydrogens is 388 g/mol. The van der Waals surface area contributed by atoms with Crippen molar-refractivity contribution in [2.45, 2.75) is 12.4 Å². The van der Waals surface area contributed by atoms with Gasteiger partial charge in [0.25, 0.3) is 0 Å². The van der Waals surface area contributed by atoms with Crippen molar-refractivity contribution in [3.05, 3.63) is 58.4 Å². The summed E-state index contributed by atoms with van der Waals surface area (Å²) in [5, 5.41) is 13.6. The molecule has 1 aliphatic rings. The van der Waals surface area contributed by atoms with Crippen molar-refractivity contribution in [1.29, 1.82) is 0 Å². The number of phenolic OH excluding ortho intramolecular Hbond substituents is 1. The molecule has 1 saturated heterocycles. The molecule has 1 aliphatic heterocycles. The lowest BCUT2D eigenvalue weighted by atomic mass is 9.95. The van der Waals surface area contributed by atoms with Gasteiger partial charge in [-0.25, -0.2) is 4.39 Å². The summed E-state index contributed by atoms with van der Waals surface area (Å²) >= 11 is 6.24. The molecule has 2 aromatic rings. The first-order valence-corrected chi connectivity index (χ1v) is 8.61. The van der Waals surface area contributed by atoms with E-state index in [2.05, 4.69) is 10.1 Å². The van der Waals surface area contributed by atoms with Gasteiger partial charge in [-0.1, -0.05) is 23.7 Å². The third-order valence-corrected chi connectivity index (χ3v) is 4.66. The van der Waals surface area contributed by atoms with Crippen LogP contribution in [0.3, 0.4) is 0 Å². The highest BCUT2D eigenvalue weighted by Crippen LogP contribution is 2.41. The van der Waals surface area contributed by atoms with Crippen molar-refractivity contribution in [3.8, 4) is 11.5 Å². The first-order chi connectivity index (χ1) is 12.8. The van der Waals surface area contributed by atoms with E-state index in [1.165, 1.54) is 30.3 Å². The molecule has 1 atom stereocenters. The van der Waals surface area contributed by atoms with Crippen LogP contribution >= 0.6 is 11.6 Å². The van der Waals surface area contributed by atoms with Crippen LogP contribution < -0.4 is 10.1 Å². The lowest BCUT2D eigenvalue weighted by Crippen LogP contribution is -2.45. The number of ether oxygens (including phenoxy) is 1. The van der Waals surface area contributed by atoms with E-state index >= 15 is 0 Å². The van der Waals surface area contributed by atoms with Gasteiger partial charge >= 0.3 is 6.36 Å². The van der Waals surface area contributed by atoms with Crippen LogP contribution in [0.25, 0.3) is 0 Å². The highest BCUT2D eigenvalue weighted by molar-refractivity contribution is 6.31. The topological polar surface area (TPSA) is 44.7 Å². The average molecular weight is 405 g/mol. The molecule has 4 nitrogen and oxygen atoms in total. The predicted octanol–water partition coefficient (Wildman–Crippen LogP) is 4.08. The number of rotatable bonds is 4. The van der Waals surface area contributed by atoms with E-state index in [1.807, 2.05) is 4.90 Å². The Bertz CT molecular complexity index is 793. The summed E-state index contributed by atoms with van der Waals surface area (Å²) in [4.78, 5) is 1.98. The van der Waals surface area contributed by atoms with Gasteiger partial charge in [0.2, 0.25) is 0 Å². The zero-order valence-electron chi connectivity index (χ0n) is 14.1. The third-order valence-electron chi connectivity index (χ3n) is 4.33. The Labute approximate surface area is 158 Å². The molecule has 0 unspecified atom stereocenters. The molecular formula is C18H17ClF4N2O2. The fourth-order valence-corrected chi connectivity index (χ4v) is 3.42. The van der Waals surface area contributed by atoms with E-state index in [9.17, 15) is 22.7 Å². The molecule has 2 aromatic carbocycles. The molecule has 0 bridgehead atoms. The largest absolute Gasteiger partial charge is 0.573 e. The van der Waals surface area contributed by atoms with Crippen LogP contribution in [-0.2, 0) is 0 Å². The monoisotopic (exact) mass is 404 g/mol. The van der Waals surface area contributed by atoms with E-state index in [-0.39, 0.29) is 16.3 Å². The number of phenols is 1. The van der Waals surface area contributed by atoms with Gasteiger partial charge in [-0.05, 0) is 29.8 Å². The zero-order valence-corrected chi connectivity index (χ0v) is 14.8. The van der Waals surface area contributed by atoms with Gasteiger partial charge in [0, 0.05) is 36.8 Å². The number of halogens is 5. The molecule has 1 heterocycles. The second-order valence-corrected chi connectivity index (χ2v) is 6.50.